The molecule has 0 bridgehead atoms. The molecule has 0 atom stereocenters. The Morgan fingerprint density at radius 3 is 2.12 bits per heavy atom. The van der Waals surface area contributed by atoms with E-state index in [9.17, 15) is 4.79 Å². The van der Waals surface area contributed by atoms with Gasteiger partial charge >= 0.3 is 5.97 Å². The fraction of sp³-hybridized carbons (Fsp3) is 0.381. The molecule has 0 fully saturated rings. The Morgan fingerprint density at radius 1 is 1.04 bits per heavy atom. The fourth-order valence-corrected chi connectivity index (χ4v) is 3.12. The van der Waals surface area contributed by atoms with Gasteiger partial charge < -0.3 is 9.47 Å². The van der Waals surface area contributed by atoms with Crippen LogP contribution in [0.25, 0.3) is 0 Å². The summed E-state index contributed by atoms with van der Waals surface area (Å²) in [6.45, 7) is 10.4. The van der Waals surface area contributed by atoms with Gasteiger partial charge in [0.15, 0.2) is 0 Å². The first kappa shape index (κ1) is 19.5. The minimum atomic E-state index is -0.313. The topological polar surface area (TPSA) is 35.5 Å². The monoisotopic (exact) mass is 404 g/mol. The van der Waals surface area contributed by atoms with Gasteiger partial charge in [-0.05, 0) is 41.7 Å². The summed E-state index contributed by atoms with van der Waals surface area (Å²) in [4.78, 5) is 11.3. The maximum absolute atomic E-state index is 11.3. The molecule has 25 heavy (non-hydrogen) atoms. The largest absolute Gasteiger partial charge is 0.488 e. The number of ether oxygens (including phenoxy) is 2. The van der Waals surface area contributed by atoms with Gasteiger partial charge in [0.25, 0.3) is 0 Å². The van der Waals surface area contributed by atoms with Gasteiger partial charge in [0.2, 0.25) is 0 Å². The van der Waals surface area contributed by atoms with E-state index in [4.69, 9.17) is 9.47 Å². The molecular weight excluding hydrogens is 380 g/mol. The summed E-state index contributed by atoms with van der Waals surface area (Å²) in [5, 5.41) is 0. The molecule has 0 amide bonds. The van der Waals surface area contributed by atoms with Gasteiger partial charge in [-0.3, -0.25) is 4.79 Å². The molecule has 3 nitrogen and oxygen atoms in total. The van der Waals surface area contributed by atoms with Crippen LogP contribution in [0.2, 0.25) is 0 Å². The van der Waals surface area contributed by atoms with Gasteiger partial charge in [0.1, 0.15) is 18.1 Å². The summed E-state index contributed by atoms with van der Waals surface area (Å²) < 4.78 is 12.6. The highest BCUT2D eigenvalue weighted by atomic mass is 79.9. The molecule has 0 aromatic heterocycles. The van der Waals surface area contributed by atoms with E-state index >= 15 is 0 Å². The van der Waals surface area contributed by atoms with Gasteiger partial charge in [-0.1, -0.05) is 55.8 Å². The minimum Gasteiger partial charge on any atom is -0.488 e. The van der Waals surface area contributed by atoms with Crippen molar-refractivity contribution in [2.45, 2.75) is 53.1 Å². The molecule has 0 aliphatic carbocycles. The molecule has 0 unspecified atom stereocenters. The van der Waals surface area contributed by atoms with Crippen molar-refractivity contribution in [3.05, 3.63) is 57.6 Å². The van der Waals surface area contributed by atoms with Crippen LogP contribution in [0, 0.1) is 0 Å². The molecule has 0 N–H and O–H groups in total. The second-order valence-electron chi connectivity index (χ2n) is 6.75. The highest BCUT2D eigenvalue weighted by Gasteiger charge is 2.18. The van der Waals surface area contributed by atoms with Crippen molar-refractivity contribution in [2.75, 3.05) is 0 Å². The first-order chi connectivity index (χ1) is 11.8. The molecule has 0 heterocycles. The summed E-state index contributed by atoms with van der Waals surface area (Å²) in [5.41, 5.74) is 3.21. The van der Waals surface area contributed by atoms with Gasteiger partial charge in [0, 0.05) is 22.5 Å². The normalized spacial score (nSPS) is 11.0. The predicted octanol–water partition coefficient (Wildman–Crippen LogP) is 6.20. The first-order valence-electron chi connectivity index (χ1n) is 8.51. The first-order valence-corrected chi connectivity index (χ1v) is 9.30. The molecule has 4 heteroatoms. The Balaban J connectivity index is 2.41. The van der Waals surface area contributed by atoms with Crippen molar-refractivity contribution in [1.29, 1.82) is 0 Å². The summed E-state index contributed by atoms with van der Waals surface area (Å²) in [6, 6.07) is 11.9. The van der Waals surface area contributed by atoms with Crippen molar-refractivity contribution in [3.63, 3.8) is 0 Å². The van der Waals surface area contributed by atoms with Crippen LogP contribution in [0.5, 0.6) is 11.5 Å². The zero-order chi connectivity index (χ0) is 18.6. The van der Waals surface area contributed by atoms with Gasteiger partial charge in [-0.15, -0.1) is 0 Å². The van der Waals surface area contributed by atoms with Crippen LogP contribution in [0.1, 0.15) is 63.1 Å². The lowest BCUT2D eigenvalue weighted by Crippen LogP contribution is -2.08. The number of hydrogen-bond donors (Lipinski definition) is 0. The molecule has 2 aromatic carbocycles. The molecule has 134 valence electrons. The van der Waals surface area contributed by atoms with E-state index in [1.807, 2.05) is 30.3 Å². The van der Waals surface area contributed by atoms with Gasteiger partial charge in [0.05, 0.1) is 0 Å². The van der Waals surface area contributed by atoms with Crippen LogP contribution in [0.15, 0.2) is 40.9 Å². The lowest BCUT2D eigenvalue weighted by molar-refractivity contribution is -0.131. The van der Waals surface area contributed by atoms with E-state index in [0.717, 1.165) is 26.9 Å². The Labute approximate surface area is 158 Å². The quantitative estimate of drug-likeness (QED) is 0.424. The van der Waals surface area contributed by atoms with Crippen LogP contribution in [-0.2, 0) is 11.4 Å². The Hall–Kier alpha value is -1.81. The molecule has 2 aromatic rings. The van der Waals surface area contributed by atoms with Crippen LogP contribution in [-0.4, -0.2) is 5.97 Å². The minimum absolute atomic E-state index is 0.255. The molecule has 0 saturated carbocycles. The zero-order valence-corrected chi connectivity index (χ0v) is 17.0. The van der Waals surface area contributed by atoms with E-state index in [0.29, 0.717) is 12.4 Å². The van der Waals surface area contributed by atoms with E-state index in [-0.39, 0.29) is 17.8 Å². The van der Waals surface area contributed by atoms with Gasteiger partial charge in [-0.2, -0.15) is 0 Å². The van der Waals surface area contributed by atoms with Crippen molar-refractivity contribution < 1.29 is 14.3 Å². The third-order valence-electron chi connectivity index (χ3n) is 3.90. The summed E-state index contributed by atoms with van der Waals surface area (Å²) in [7, 11) is 0. The summed E-state index contributed by atoms with van der Waals surface area (Å²) >= 11 is 3.49. The standard InChI is InChI=1S/C21H25BrO3/c1-13(2)19-10-18(25-15(5)23)11-20(14(3)4)21(19)24-12-16-7-6-8-17(22)9-16/h6-11,13-14H,12H2,1-5H3. The number of esters is 1. The lowest BCUT2D eigenvalue weighted by atomic mass is 9.93. The number of halogens is 1. The Kier molecular flexibility index (Phi) is 6.65. The van der Waals surface area contributed by atoms with Crippen molar-refractivity contribution in [1.82, 2.24) is 0 Å². The van der Waals surface area contributed by atoms with Gasteiger partial charge in [-0.25, -0.2) is 0 Å². The van der Waals surface area contributed by atoms with Crippen molar-refractivity contribution in [3.8, 4) is 11.5 Å². The van der Waals surface area contributed by atoms with E-state index in [1.165, 1.54) is 6.92 Å². The molecule has 0 aliphatic rings. The van der Waals surface area contributed by atoms with E-state index < -0.39 is 0 Å². The lowest BCUT2D eigenvalue weighted by Gasteiger charge is -2.21. The summed E-state index contributed by atoms with van der Waals surface area (Å²) in [6.07, 6.45) is 0. The van der Waals surface area contributed by atoms with Crippen molar-refractivity contribution >= 4 is 21.9 Å². The van der Waals surface area contributed by atoms with Crippen LogP contribution < -0.4 is 9.47 Å². The average Bonchev–Trinajstić information content (AvgIpc) is 2.52. The third kappa shape index (κ3) is 5.33. The molecule has 0 aliphatic heterocycles. The third-order valence-corrected chi connectivity index (χ3v) is 4.39. The Bertz CT molecular complexity index is 722. The highest BCUT2D eigenvalue weighted by Crippen LogP contribution is 2.38. The summed E-state index contributed by atoms with van der Waals surface area (Å²) in [5.74, 6) is 1.67. The van der Waals surface area contributed by atoms with Crippen LogP contribution >= 0.6 is 15.9 Å². The molecule has 0 saturated heterocycles. The molecule has 0 radical (unpaired) electrons. The maximum atomic E-state index is 11.3. The van der Waals surface area contributed by atoms with E-state index in [2.05, 4.69) is 49.7 Å². The number of rotatable bonds is 6. The zero-order valence-electron chi connectivity index (χ0n) is 15.4. The Morgan fingerprint density at radius 2 is 1.64 bits per heavy atom. The fourth-order valence-electron chi connectivity index (χ4n) is 2.68. The van der Waals surface area contributed by atoms with Crippen LogP contribution in [0.4, 0.5) is 0 Å². The number of benzene rings is 2. The van der Waals surface area contributed by atoms with Crippen molar-refractivity contribution in [2.24, 2.45) is 0 Å². The second-order valence-corrected chi connectivity index (χ2v) is 7.67. The SMILES string of the molecule is CC(=O)Oc1cc(C(C)C)c(OCc2cccc(Br)c2)c(C(C)C)c1. The highest BCUT2D eigenvalue weighted by molar-refractivity contribution is 9.10. The predicted molar refractivity (Wildman–Crippen MR) is 104 cm³/mol. The molecular formula is C21H25BrO3. The maximum Gasteiger partial charge on any atom is 0.308 e. The number of hydrogen-bond acceptors (Lipinski definition) is 3. The molecule has 0 spiro atoms. The smallest absolute Gasteiger partial charge is 0.308 e. The number of carbonyl (C=O) groups is 1. The second kappa shape index (κ2) is 8.52. The van der Waals surface area contributed by atoms with E-state index in [1.54, 1.807) is 0 Å². The molecule has 2 rings (SSSR count). The van der Waals surface area contributed by atoms with Crippen LogP contribution in [0.3, 0.4) is 0 Å². The average molecular weight is 405 g/mol. The number of carbonyl (C=O) groups excluding carboxylic acids is 1.